The largest absolute Gasteiger partial charge is 0.394 e. The molecule has 9 atom stereocenters. The Labute approximate surface area is 162 Å². The quantitative estimate of drug-likeness (QED) is 0.199. The zero-order valence-electron chi connectivity index (χ0n) is 15.9. The predicted octanol–water partition coefficient (Wildman–Crippen LogP) is -4.35. The molecular weight excluding hydrogens is 384 g/mol. The van der Waals surface area contributed by atoms with E-state index in [1.165, 1.54) is 0 Å². The SMILES string of the molecule is CCOCC.OC[C@H]1O[C@@](CO)(O[C@H]2O[C@H](CO)[C@@H](O)[C@H](O)[C@H]2O)[C@@H](O)[C@@H]1O. The summed E-state index contributed by atoms with van der Waals surface area (Å²) in [6.07, 6.45) is -12.7. The first-order valence-electron chi connectivity index (χ1n) is 9.04. The van der Waals surface area contributed by atoms with Gasteiger partial charge in [0.2, 0.25) is 5.79 Å². The van der Waals surface area contributed by atoms with Crippen LogP contribution in [0.25, 0.3) is 0 Å². The van der Waals surface area contributed by atoms with Gasteiger partial charge in [0.1, 0.15) is 49.3 Å². The van der Waals surface area contributed by atoms with Gasteiger partial charge in [0.05, 0.1) is 13.2 Å². The summed E-state index contributed by atoms with van der Waals surface area (Å²) in [6.45, 7) is 3.34. The van der Waals surface area contributed by atoms with Gasteiger partial charge in [0.25, 0.3) is 0 Å². The summed E-state index contributed by atoms with van der Waals surface area (Å²) in [4.78, 5) is 0. The molecular formula is C16H32O12. The summed E-state index contributed by atoms with van der Waals surface area (Å²) in [7, 11) is 0. The normalized spacial score (nSPS) is 43.5. The monoisotopic (exact) mass is 416 g/mol. The van der Waals surface area contributed by atoms with Crippen molar-refractivity contribution in [1.29, 1.82) is 0 Å². The molecule has 0 aliphatic carbocycles. The number of rotatable bonds is 7. The molecule has 2 heterocycles. The van der Waals surface area contributed by atoms with Crippen LogP contribution in [0.5, 0.6) is 0 Å². The molecule has 0 bridgehead atoms. The number of hydrogen-bond donors (Lipinski definition) is 8. The van der Waals surface area contributed by atoms with Crippen LogP contribution in [0.4, 0.5) is 0 Å². The van der Waals surface area contributed by atoms with Crippen LogP contribution in [0.2, 0.25) is 0 Å². The van der Waals surface area contributed by atoms with Gasteiger partial charge in [-0.2, -0.15) is 0 Å². The first kappa shape index (κ1) is 25.6. The first-order chi connectivity index (χ1) is 13.2. The van der Waals surface area contributed by atoms with Gasteiger partial charge in [-0.25, -0.2) is 0 Å². The standard InChI is InChI=1S/C12H22O11.C4H10O/c13-1-4-6(16)8(18)9(19)11(21-4)23-12(3-15)10(20)7(17)5(2-14)22-12;1-3-5-4-2/h4-11,13-20H,1-3H2;3-4H2,1-2H3/t4-,5-,6-,7-,8+,9-,10+,11-,12+;/m1./s1. The third kappa shape index (κ3) is 5.56. The molecule has 0 aromatic carbocycles. The summed E-state index contributed by atoms with van der Waals surface area (Å²) in [5.74, 6) is -2.22. The van der Waals surface area contributed by atoms with Crippen LogP contribution in [-0.4, -0.2) is 129 Å². The predicted molar refractivity (Wildman–Crippen MR) is 90.8 cm³/mol. The van der Waals surface area contributed by atoms with Gasteiger partial charge >= 0.3 is 0 Å². The van der Waals surface area contributed by atoms with Crippen molar-refractivity contribution in [2.75, 3.05) is 33.0 Å². The van der Waals surface area contributed by atoms with Gasteiger partial charge in [-0.15, -0.1) is 0 Å². The Kier molecular flexibility index (Phi) is 10.6. The van der Waals surface area contributed by atoms with E-state index in [1.54, 1.807) is 0 Å². The van der Waals surface area contributed by atoms with Crippen LogP contribution in [0.15, 0.2) is 0 Å². The molecule has 2 rings (SSSR count). The van der Waals surface area contributed by atoms with E-state index >= 15 is 0 Å². The summed E-state index contributed by atoms with van der Waals surface area (Å²) in [5, 5.41) is 76.7. The van der Waals surface area contributed by atoms with Crippen molar-refractivity contribution in [2.45, 2.75) is 68.7 Å². The molecule has 168 valence electrons. The van der Waals surface area contributed by atoms with Crippen LogP contribution in [-0.2, 0) is 18.9 Å². The zero-order chi connectivity index (χ0) is 21.5. The minimum Gasteiger partial charge on any atom is -0.394 e. The Morgan fingerprint density at radius 3 is 1.75 bits per heavy atom. The Balaban J connectivity index is 0.000000696. The molecule has 12 nitrogen and oxygen atoms in total. The number of hydrogen-bond acceptors (Lipinski definition) is 12. The van der Waals surface area contributed by atoms with Crippen LogP contribution in [0.3, 0.4) is 0 Å². The third-order valence-electron chi connectivity index (χ3n) is 4.48. The van der Waals surface area contributed by atoms with E-state index in [0.717, 1.165) is 13.2 Å². The molecule has 8 N–H and O–H groups in total. The third-order valence-corrected chi connectivity index (χ3v) is 4.48. The van der Waals surface area contributed by atoms with Crippen LogP contribution >= 0.6 is 0 Å². The lowest BCUT2D eigenvalue weighted by Crippen LogP contribution is -2.62. The van der Waals surface area contributed by atoms with E-state index < -0.39 is 74.6 Å². The Morgan fingerprint density at radius 1 is 0.786 bits per heavy atom. The lowest BCUT2D eigenvalue weighted by Gasteiger charge is -2.43. The van der Waals surface area contributed by atoms with Gasteiger partial charge in [0, 0.05) is 13.2 Å². The minimum absolute atomic E-state index is 0.669. The van der Waals surface area contributed by atoms with E-state index in [1.807, 2.05) is 13.8 Å². The van der Waals surface area contributed by atoms with Gasteiger partial charge in [-0.3, -0.25) is 0 Å². The number of ether oxygens (including phenoxy) is 4. The molecule has 0 unspecified atom stereocenters. The second-order valence-corrected chi connectivity index (χ2v) is 6.34. The summed E-state index contributed by atoms with van der Waals surface area (Å²) < 4.78 is 20.3. The van der Waals surface area contributed by atoms with Crippen molar-refractivity contribution in [2.24, 2.45) is 0 Å². The molecule has 0 saturated carbocycles. The number of aliphatic hydroxyl groups excluding tert-OH is 8. The van der Waals surface area contributed by atoms with Crippen LogP contribution < -0.4 is 0 Å². The highest BCUT2D eigenvalue weighted by atomic mass is 16.8. The maximum Gasteiger partial charge on any atom is 0.224 e. The fourth-order valence-corrected chi connectivity index (χ4v) is 2.84. The van der Waals surface area contributed by atoms with Crippen molar-refractivity contribution in [3.05, 3.63) is 0 Å². The molecule has 2 aliphatic heterocycles. The highest BCUT2D eigenvalue weighted by molar-refractivity contribution is 4.98. The Morgan fingerprint density at radius 2 is 1.36 bits per heavy atom. The maximum absolute atomic E-state index is 10.00. The van der Waals surface area contributed by atoms with E-state index in [-0.39, 0.29) is 0 Å². The molecule has 0 radical (unpaired) electrons. The molecule has 2 aliphatic rings. The van der Waals surface area contributed by atoms with Crippen molar-refractivity contribution >= 4 is 0 Å². The molecule has 28 heavy (non-hydrogen) atoms. The highest BCUT2D eigenvalue weighted by Crippen LogP contribution is 2.35. The van der Waals surface area contributed by atoms with Gasteiger partial charge in [-0.1, -0.05) is 0 Å². The fraction of sp³-hybridized carbons (Fsp3) is 1.00. The molecule has 2 fully saturated rings. The zero-order valence-corrected chi connectivity index (χ0v) is 15.9. The average molecular weight is 416 g/mol. The number of aliphatic hydroxyl groups is 8. The molecule has 2 saturated heterocycles. The second kappa shape index (κ2) is 11.6. The maximum atomic E-state index is 10.00. The topological polar surface area (TPSA) is 199 Å². The molecule has 0 spiro atoms. The first-order valence-corrected chi connectivity index (χ1v) is 9.04. The van der Waals surface area contributed by atoms with Crippen molar-refractivity contribution in [1.82, 2.24) is 0 Å². The van der Waals surface area contributed by atoms with E-state index in [0.29, 0.717) is 0 Å². The molecule has 0 aromatic rings. The van der Waals surface area contributed by atoms with Crippen LogP contribution in [0.1, 0.15) is 13.8 Å². The summed E-state index contributed by atoms with van der Waals surface area (Å²) in [5.41, 5.74) is 0. The van der Waals surface area contributed by atoms with Crippen molar-refractivity contribution < 1.29 is 59.8 Å². The molecule has 0 amide bonds. The smallest absolute Gasteiger partial charge is 0.224 e. The van der Waals surface area contributed by atoms with Gasteiger partial charge in [0.15, 0.2) is 6.29 Å². The Hall–Kier alpha value is -0.480. The van der Waals surface area contributed by atoms with Gasteiger partial charge < -0.3 is 59.8 Å². The lowest BCUT2D eigenvalue weighted by atomic mass is 9.99. The van der Waals surface area contributed by atoms with E-state index in [9.17, 15) is 30.6 Å². The summed E-state index contributed by atoms with van der Waals surface area (Å²) in [6, 6.07) is 0. The van der Waals surface area contributed by atoms with Gasteiger partial charge in [-0.05, 0) is 13.8 Å². The Bertz CT molecular complexity index is 436. The fourth-order valence-electron chi connectivity index (χ4n) is 2.84. The van der Waals surface area contributed by atoms with Crippen molar-refractivity contribution in [3.8, 4) is 0 Å². The van der Waals surface area contributed by atoms with E-state index in [2.05, 4.69) is 0 Å². The summed E-state index contributed by atoms with van der Waals surface area (Å²) >= 11 is 0. The van der Waals surface area contributed by atoms with Crippen molar-refractivity contribution in [3.63, 3.8) is 0 Å². The average Bonchev–Trinajstić information content (AvgIpc) is 2.94. The molecule has 0 aromatic heterocycles. The minimum atomic E-state index is -2.22. The highest BCUT2D eigenvalue weighted by Gasteiger charge is 2.58. The molecule has 12 heteroatoms. The second-order valence-electron chi connectivity index (χ2n) is 6.34. The van der Waals surface area contributed by atoms with Crippen LogP contribution in [0, 0.1) is 0 Å². The van der Waals surface area contributed by atoms with E-state index in [4.69, 9.17) is 29.2 Å². The lowest BCUT2D eigenvalue weighted by molar-refractivity contribution is -0.383.